The van der Waals surface area contributed by atoms with E-state index in [4.69, 9.17) is 0 Å². The van der Waals surface area contributed by atoms with E-state index in [0.717, 1.165) is 29.7 Å². The van der Waals surface area contributed by atoms with Crippen LogP contribution in [0.15, 0.2) is 12.3 Å². The zero-order chi connectivity index (χ0) is 13.0. The highest BCUT2D eigenvalue weighted by atomic mass is 16.1. The lowest BCUT2D eigenvalue weighted by molar-refractivity contribution is -0.121. The van der Waals surface area contributed by atoms with Crippen molar-refractivity contribution < 1.29 is 4.79 Å². The molecule has 0 unspecified atom stereocenters. The summed E-state index contributed by atoms with van der Waals surface area (Å²) in [5.41, 5.74) is 3.16. The summed E-state index contributed by atoms with van der Waals surface area (Å²) in [5, 5.41) is 3.15. The smallest absolute Gasteiger partial charge is 0.224 e. The monoisotopic (exact) mass is 246 g/mol. The fourth-order valence-electron chi connectivity index (χ4n) is 2.57. The Hall–Kier alpha value is -1.38. The van der Waals surface area contributed by atoms with Gasteiger partial charge in [-0.15, -0.1) is 0 Å². The molecule has 1 saturated carbocycles. The Morgan fingerprint density at radius 3 is 2.78 bits per heavy atom. The minimum atomic E-state index is 0.149. The number of pyridine rings is 1. The van der Waals surface area contributed by atoms with E-state index in [1.807, 2.05) is 26.1 Å². The third kappa shape index (κ3) is 3.56. The van der Waals surface area contributed by atoms with Crippen molar-refractivity contribution in [2.45, 2.75) is 58.4 Å². The van der Waals surface area contributed by atoms with Gasteiger partial charge in [-0.1, -0.05) is 19.3 Å². The van der Waals surface area contributed by atoms with Gasteiger partial charge in [0, 0.05) is 17.9 Å². The Bertz CT molecular complexity index is 423. The zero-order valence-electron chi connectivity index (χ0n) is 11.3. The summed E-state index contributed by atoms with van der Waals surface area (Å²) in [6, 6.07) is 2.41. The quantitative estimate of drug-likeness (QED) is 0.891. The molecule has 0 bridgehead atoms. The molecule has 1 aliphatic rings. The molecule has 0 aromatic carbocycles. The molecule has 2 rings (SSSR count). The predicted molar refractivity (Wildman–Crippen MR) is 72.4 cm³/mol. The van der Waals surface area contributed by atoms with Crippen molar-refractivity contribution in [3.05, 3.63) is 29.1 Å². The standard InChI is InChI=1S/C15H22N2O/c1-11-10-16-12(2)8-13(11)9-15(18)17-14-6-4-3-5-7-14/h8,10,14H,3-7,9H2,1-2H3,(H,17,18). The SMILES string of the molecule is Cc1cc(CC(=O)NC2CCCCC2)c(C)cn1. The topological polar surface area (TPSA) is 42.0 Å². The van der Waals surface area contributed by atoms with Gasteiger partial charge in [0.2, 0.25) is 5.91 Å². The van der Waals surface area contributed by atoms with Gasteiger partial charge in [0.15, 0.2) is 0 Å². The van der Waals surface area contributed by atoms with E-state index in [0.29, 0.717) is 12.5 Å². The predicted octanol–water partition coefficient (Wildman–Crippen LogP) is 2.69. The highest BCUT2D eigenvalue weighted by Gasteiger charge is 2.16. The van der Waals surface area contributed by atoms with Crippen LogP contribution in [-0.4, -0.2) is 16.9 Å². The highest BCUT2D eigenvalue weighted by molar-refractivity contribution is 5.79. The maximum absolute atomic E-state index is 12.0. The Balaban J connectivity index is 1.92. The number of nitrogens with one attached hydrogen (secondary N) is 1. The molecule has 3 nitrogen and oxygen atoms in total. The first kappa shape index (κ1) is 13.1. The fraction of sp³-hybridized carbons (Fsp3) is 0.600. The Kier molecular flexibility index (Phi) is 4.34. The minimum Gasteiger partial charge on any atom is -0.353 e. The Labute approximate surface area is 109 Å². The number of aromatic nitrogens is 1. The van der Waals surface area contributed by atoms with Crippen molar-refractivity contribution in [2.75, 3.05) is 0 Å². The summed E-state index contributed by atoms with van der Waals surface area (Å²) in [7, 11) is 0. The average molecular weight is 246 g/mol. The normalized spacial score (nSPS) is 16.6. The minimum absolute atomic E-state index is 0.149. The fourth-order valence-corrected chi connectivity index (χ4v) is 2.57. The van der Waals surface area contributed by atoms with Crippen molar-refractivity contribution >= 4 is 5.91 Å². The van der Waals surface area contributed by atoms with Crippen molar-refractivity contribution in [3.63, 3.8) is 0 Å². The molecule has 1 aromatic heterocycles. The van der Waals surface area contributed by atoms with Gasteiger partial charge in [0.1, 0.15) is 0 Å². The highest BCUT2D eigenvalue weighted by Crippen LogP contribution is 2.17. The molecule has 0 radical (unpaired) electrons. The molecule has 0 atom stereocenters. The van der Waals surface area contributed by atoms with Crippen LogP contribution in [-0.2, 0) is 11.2 Å². The summed E-state index contributed by atoms with van der Waals surface area (Å²) in [5.74, 6) is 0.149. The van der Waals surface area contributed by atoms with E-state index in [-0.39, 0.29) is 5.91 Å². The van der Waals surface area contributed by atoms with E-state index < -0.39 is 0 Å². The van der Waals surface area contributed by atoms with Crippen LogP contribution >= 0.6 is 0 Å². The lowest BCUT2D eigenvalue weighted by Gasteiger charge is -2.22. The summed E-state index contributed by atoms with van der Waals surface area (Å²) in [6.45, 7) is 3.97. The number of carbonyl (C=O) groups is 1. The van der Waals surface area contributed by atoms with Crippen molar-refractivity contribution in [2.24, 2.45) is 0 Å². The van der Waals surface area contributed by atoms with Gasteiger partial charge in [-0.25, -0.2) is 0 Å². The molecule has 3 heteroatoms. The van der Waals surface area contributed by atoms with E-state index in [1.54, 1.807) is 0 Å². The van der Waals surface area contributed by atoms with Crippen LogP contribution in [0.1, 0.15) is 48.9 Å². The second kappa shape index (κ2) is 5.98. The molecule has 0 spiro atoms. The number of nitrogens with zero attached hydrogens (tertiary/aromatic N) is 1. The molecule has 1 aliphatic carbocycles. The van der Waals surface area contributed by atoms with Crippen molar-refractivity contribution in [1.29, 1.82) is 0 Å². The van der Waals surface area contributed by atoms with Crippen LogP contribution in [0.2, 0.25) is 0 Å². The van der Waals surface area contributed by atoms with Gasteiger partial charge in [-0.05, 0) is 43.9 Å². The van der Waals surface area contributed by atoms with Crippen LogP contribution in [0.25, 0.3) is 0 Å². The summed E-state index contributed by atoms with van der Waals surface area (Å²) >= 11 is 0. The van der Waals surface area contributed by atoms with Gasteiger partial charge in [-0.2, -0.15) is 0 Å². The van der Waals surface area contributed by atoms with Gasteiger partial charge in [0.05, 0.1) is 6.42 Å². The lowest BCUT2D eigenvalue weighted by atomic mass is 9.95. The van der Waals surface area contributed by atoms with E-state index >= 15 is 0 Å². The molecular formula is C15H22N2O. The van der Waals surface area contributed by atoms with Gasteiger partial charge >= 0.3 is 0 Å². The first-order valence-corrected chi connectivity index (χ1v) is 6.86. The molecule has 1 aromatic rings. The summed E-state index contributed by atoms with van der Waals surface area (Å²) in [4.78, 5) is 16.2. The first-order valence-electron chi connectivity index (χ1n) is 6.86. The molecule has 1 amide bonds. The number of rotatable bonds is 3. The van der Waals surface area contributed by atoms with Gasteiger partial charge < -0.3 is 5.32 Å². The van der Waals surface area contributed by atoms with Gasteiger partial charge in [-0.3, -0.25) is 9.78 Å². The Morgan fingerprint density at radius 2 is 2.06 bits per heavy atom. The molecule has 1 heterocycles. The van der Waals surface area contributed by atoms with Crippen molar-refractivity contribution in [3.8, 4) is 0 Å². The summed E-state index contributed by atoms with van der Waals surface area (Å²) < 4.78 is 0. The third-order valence-corrected chi connectivity index (χ3v) is 3.67. The number of hydrogen-bond acceptors (Lipinski definition) is 2. The maximum atomic E-state index is 12.0. The molecule has 98 valence electrons. The van der Waals surface area contributed by atoms with Gasteiger partial charge in [0.25, 0.3) is 0 Å². The number of amides is 1. The average Bonchev–Trinajstić information content (AvgIpc) is 2.35. The number of hydrogen-bond donors (Lipinski definition) is 1. The second-order valence-corrected chi connectivity index (χ2v) is 5.33. The summed E-state index contributed by atoms with van der Waals surface area (Å²) in [6.07, 6.45) is 8.41. The van der Waals surface area contributed by atoms with Crippen LogP contribution in [0, 0.1) is 13.8 Å². The van der Waals surface area contributed by atoms with Crippen LogP contribution in [0.3, 0.4) is 0 Å². The van der Waals surface area contributed by atoms with E-state index in [9.17, 15) is 4.79 Å². The van der Waals surface area contributed by atoms with E-state index in [1.165, 1.54) is 19.3 Å². The largest absolute Gasteiger partial charge is 0.353 e. The van der Waals surface area contributed by atoms with Crippen LogP contribution in [0.4, 0.5) is 0 Å². The molecule has 1 fully saturated rings. The van der Waals surface area contributed by atoms with Crippen LogP contribution < -0.4 is 5.32 Å². The molecule has 18 heavy (non-hydrogen) atoms. The number of carbonyl (C=O) groups excluding carboxylic acids is 1. The number of aryl methyl sites for hydroxylation is 2. The maximum Gasteiger partial charge on any atom is 0.224 e. The zero-order valence-corrected chi connectivity index (χ0v) is 11.3. The second-order valence-electron chi connectivity index (χ2n) is 5.33. The molecule has 0 aliphatic heterocycles. The third-order valence-electron chi connectivity index (χ3n) is 3.67. The molecular weight excluding hydrogens is 224 g/mol. The molecule has 0 saturated heterocycles. The first-order chi connectivity index (χ1) is 8.65. The van der Waals surface area contributed by atoms with Crippen molar-refractivity contribution in [1.82, 2.24) is 10.3 Å². The lowest BCUT2D eigenvalue weighted by Crippen LogP contribution is -2.37. The van der Waals surface area contributed by atoms with E-state index in [2.05, 4.69) is 10.3 Å². The van der Waals surface area contributed by atoms with Crippen LogP contribution in [0.5, 0.6) is 0 Å². The Morgan fingerprint density at radius 1 is 1.33 bits per heavy atom. The molecule has 1 N–H and O–H groups in total.